The Morgan fingerprint density at radius 1 is 1.11 bits per heavy atom. The van der Waals surface area contributed by atoms with E-state index in [1.807, 2.05) is 37.3 Å². The van der Waals surface area contributed by atoms with Crippen molar-refractivity contribution in [2.45, 2.75) is 13.0 Å². The lowest BCUT2D eigenvalue weighted by Gasteiger charge is -2.12. The largest absolute Gasteiger partial charge is 0.342 e. The summed E-state index contributed by atoms with van der Waals surface area (Å²) in [7, 11) is 0. The number of nitrogens with one attached hydrogen (secondary N) is 2. The van der Waals surface area contributed by atoms with Gasteiger partial charge in [0.2, 0.25) is 0 Å². The van der Waals surface area contributed by atoms with Crippen molar-refractivity contribution in [3.05, 3.63) is 78.5 Å². The molecule has 0 unspecified atom stereocenters. The monoisotopic (exact) mass is 359 g/mol. The van der Waals surface area contributed by atoms with Gasteiger partial charge in [-0.25, -0.2) is 9.67 Å². The first kappa shape index (κ1) is 16.6. The van der Waals surface area contributed by atoms with Gasteiger partial charge < -0.3 is 10.3 Å². The second-order valence-electron chi connectivity index (χ2n) is 6.04. The smallest absolute Gasteiger partial charge is 0.251 e. The molecule has 0 fully saturated rings. The van der Waals surface area contributed by atoms with E-state index < -0.39 is 0 Å². The van der Waals surface area contributed by atoms with Crippen LogP contribution in [0.15, 0.2) is 67.1 Å². The van der Waals surface area contributed by atoms with Crippen molar-refractivity contribution >= 4 is 5.91 Å². The van der Waals surface area contributed by atoms with Gasteiger partial charge in [0, 0.05) is 5.56 Å². The van der Waals surface area contributed by atoms with Crippen LogP contribution in [0.5, 0.6) is 0 Å². The predicted molar refractivity (Wildman–Crippen MR) is 99.1 cm³/mol. The van der Waals surface area contributed by atoms with Crippen molar-refractivity contribution in [1.82, 2.24) is 35.5 Å². The SMILES string of the molecule is C[C@@H](NC(=O)c1ccc(-n2cnnn2)cc1)c1ncc(-c2ccccc2)[nH]1. The molecule has 0 bridgehead atoms. The van der Waals surface area contributed by atoms with E-state index in [4.69, 9.17) is 0 Å². The normalized spacial score (nSPS) is 11.9. The average molecular weight is 359 g/mol. The van der Waals surface area contributed by atoms with Crippen molar-refractivity contribution in [3.8, 4) is 16.9 Å². The van der Waals surface area contributed by atoms with E-state index in [1.165, 1.54) is 11.0 Å². The van der Waals surface area contributed by atoms with E-state index in [2.05, 4.69) is 30.8 Å². The summed E-state index contributed by atoms with van der Waals surface area (Å²) in [4.78, 5) is 20.2. The molecule has 0 aliphatic carbocycles. The number of hydrogen-bond acceptors (Lipinski definition) is 5. The van der Waals surface area contributed by atoms with Gasteiger partial charge in [0.15, 0.2) is 0 Å². The second-order valence-corrected chi connectivity index (χ2v) is 6.04. The third kappa shape index (κ3) is 3.59. The van der Waals surface area contributed by atoms with Gasteiger partial charge >= 0.3 is 0 Å². The van der Waals surface area contributed by atoms with Crippen molar-refractivity contribution in [2.24, 2.45) is 0 Å². The summed E-state index contributed by atoms with van der Waals surface area (Å²) >= 11 is 0. The van der Waals surface area contributed by atoms with Crippen LogP contribution in [-0.4, -0.2) is 36.1 Å². The van der Waals surface area contributed by atoms with E-state index in [0.29, 0.717) is 11.4 Å². The number of aromatic amines is 1. The molecule has 0 spiro atoms. The maximum Gasteiger partial charge on any atom is 0.251 e. The zero-order chi connectivity index (χ0) is 18.6. The molecule has 0 saturated heterocycles. The van der Waals surface area contributed by atoms with E-state index in [1.54, 1.807) is 30.5 Å². The van der Waals surface area contributed by atoms with Crippen LogP contribution < -0.4 is 5.32 Å². The molecular weight excluding hydrogens is 342 g/mol. The molecule has 27 heavy (non-hydrogen) atoms. The Morgan fingerprint density at radius 2 is 1.89 bits per heavy atom. The molecule has 8 nitrogen and oxygen atoms in total. The number of H-pyrrole nitrogens is 1. The molecule has 0 radical (unpaired) electrons. The molecule has 2 aromatic heterocycles. The van der Waals surface area contributed by atoms with Crippen LogP contribution in [0.1, 0.15) is 29.1 Å². The number of carbonyl (C=O) groups is 1. The number of aromatic nitrogens is 6. The number of hydrogen-bond donors (Lipinski definition) is 2. The van der Waals surface area contributed by atoms with Gasteiger partial charge in [0.25, 0.3) is 5.91 Å². The zero-order valence-electron chi connectivity index (χ0n) is 14.6. The van der Waals surface area contributed by atoms with Crippen LogP contribution in [0.4, 0.5) is 0 Å². The first-order valence-electron chi connectivity index (χ1n) is 8.45. The topological polar surface area (TPSA) is 101 Å². The van der Waals surface area contributed by atoms with Gasteiger partial charge in [-0.2, -0.15) is 0 Å². The molecule has 8 heteroatoms. The van der Waals surface area contributed by atoms with E-state index in [0.717, 1.165) is 16.9 Å². The fourth-order valence-corrected chi connectivity index (χ4v) is 2.71. The fourth-order valence-electron chi connectivity index (χ4n) is 2.71. The van der Waals surface area contributed by atoms with Crippen LogP contribution in [0.3, 0.4) is 0 Å². The summed E-state index contributed by atoms with van der Waals surface area (Å²) in [6.45, 7) is 1.89. The lowest BCUT2D eigenvalue weighted by atomic mass is 10.1. The average Bonchev–Trinajstić information content (AvgIpc) is 3.41. The third-order valence-electron chi connectivity index (χ3n) is 4.18. The summed E-state index contributed by atoms with van der Waals surface area (Å²) < 4.78 is 1.53. The number of tetrazole rings is 1. The molecule has 0 saturated carbocycles. The minimum atomic E-state index is -0.255. The second kappa shape index (κ2) is 7.20. The van der Waals surface area contributed by atoms with E-state index in [-0.39, 0.29) is 11.9 Å². The lowest BCUT2D eigenvalue weighted by molar-refractivity contribution is 0.0938. The Balaban J connectivity index is 1.44. The predicted octanol–water partition coefficient (Wildman–Crippen LogP) is 2.54. The highest BCUT2D eigenvalue weighted by atomic mass is 16.1. The molecule has 4 rings (SSSR count). The summed E-state index contributed by atoms with van der Waals surface area (Å²) in [6, 6.07) is 16.7. The molecule has 2 aromatic carbocycles. The van der Waals surface area contributed by atoms with Gasteiger partial charge in [-0.15, -0.1) is 5.10 Å². The molecule has 0 aliphatic rings. The molecular formula is C19H17N7O. The maximum absolute atomic E-state index is 12.5. The lowest BCUT2D eigenvalue weighted by Crippen LogP contribution is -2.27. The Kier molecular flexibility index (Phi) is 4.44. The molecule has 2 heterocycles. The number of imidazole rings is 1. The van der Waals surface area contributed by atoms with Gasteiger partial charge in [-0.3, -0.25) is 4.79 Å². The van der Waals surface area contributed by atoms with Gasteiger partial charge in [-0.1, -0.05) is 30.3 Å². The zero-order valence-corrected chi connectivity index (χ0v) is 14.6. The van der Waals surface area contributed by atoms with Crippen molar-refractivity contribution in [1.29, 1.82) is 0 Å². The van der Waals surface area contributed by atoms with Crippen LogP contribution in [0, 0.1) is 0 Å². The highest BCUT2D eigenvalue weighted by molar-refractivity contribution is 5.94. The summed E-state index contributed by atoms with van der Waals surface area (Å²) in [5.41, 5.74) is 3.29. The number of amides is 1. The van der Waals surface area contributed by atoms with Gasteiger partial charge in [-0.05, 0) is 47.2 Å². The third-order valence-corrected chi connectivity index (χ3v) is 4.18. The fraction of sp³-hybridized carbons (Fsp3) is 0.105. The van der Waals surface area contributed by atoms with E-state index in [9.17, 15) is 4.79 Å². The number of nitrogens with zero attached hydrogens (tertiary/aromatic N) is 5. The molecule has 134 valence electrons. The van der Waals surface area contributed by atoms with Crippen molar-refractivity contribution in [3.63, 3.8) is 0 Å². The molecule has 0 aliphatic heterocycles. The number of carbonyl (C=O) groups excluding carboxylic acids is 1. The van der Waals surface area contributed by atoms with E-state index >= 15 is 0 Å². The van der Waals surface area contributed by atoms with Gasteiger partial charge in [0.1, 0.15) is 12.2 Å². The highest BCUT2D eigenvalue weighted by Crippen LogP contribution is 2.19. The molecule has 1 atom stereocenters. The van der Waals surface area contributed by atoms with Gasteiger partial charge in [0.05, 0.1) is 23.6 Å². The van der Waals surface area contributed by atoms with Crippen LogP contribution in [-0.2, 0) is 0 Å². The summed E-state index contributed by atoms with van der Waals surface area (Å²) in [5, 5.41) is 14.0. The summed E-state index contributed by atoms with van der Waals surface area (Å²) in [5.74, 6) is 0.524. The number of rotatable bonds is 5. The first-order chi connectivity index (χ1) is 13.2. The highest BCUT2D eigenvalue weighted by Gasteiger charge is 2.15. The quantitative estimate of drug-likeness (QED) is 0.570. The summed E-state index contributed by atoms with van der Waals surface area (Å²) in [6.07, 6.45) is 3.27. The molecule has 2 N–H and O–H groups in total. The van der Waals surface area contributed by atoms with Crippen molar-refractivity contribution < 1.29 is 4.79 Å². The minimum absolute atomic E-state index is 0.177. The Bertz CT molecular complexity index is 1020. The van der Waals surface area contributed by atoms with Crippen LogP contribution in [0.25, 0.3) is 16.9 Å². The Morgan fingerprint density at radius 3 is 2.59 bits per heavy atom. The maximum atomic E-state index is 12.5. The first-order valence-corrected chi connectivity index (χ1v) is 8.45. The van der Waals surface area contributed by atoms with Crippen molar-refractivity contribution in [2.75, 3.05) is 0 Å². The molecule has 1 amide bonds. The standard InChI is InChI=1S/C19H17N7O/c1-13(18-20-11-17(23-18)14-5-3-2-4-6-14)22-19(27)15-7-9-16(10-8-15)26-12-21-24-25-26/h2-13H,1H3,(H,20,23)(H,22,27)/t13-/m1/s1. The Hall–Kier alpha value is -3.81. The minimum Gasteiger partial charge on any atom is -0.342 e. The van der Waals surface area contributed by atoms with Crippen LogP contribution >= 0.6 is 0 Å². The Labute approximate surface area is 155 Å². The van der Waals surface area contributed by atoms with Crippen LogP contribution in [0.2, 0.25) is 0 Å². The number of benzene rings is 2. The molecule has 4 aromatic rings.